The van der Waals surface area contributed by atoms with E-state index in [0.717, 1.165) is 25.1 Å². The molecule has 1 aromatic carbocycles. The van der Waals surface area contributed by atoms with Crippen LogP contribution in [-0.4, -0.2) is 40.3 Å². The van der Waals surface area contributed by atoms with Crippen LogP contribution in [0.4, 0.5) is 0 Å². The van der Waals surface area contributed by atoms with Gasteiger partial charge in [0.15, 0.2) is 5.69 Å². The molecule has 0 spiro atoms. The minimum absolute atomic E-state index is 0.0124. The molecule has 6 heteroatoms. The van der Waals surface area contributed by atoms with Gasteiger partial charge >= 0.3 is 5.97 Å². The molecule has 0 saturated carbocycles. The first kappa shape index (κ1) is 13.8. The van der Waals surface area contributed by atoms with E-state index in [-0.39, 0.29) is 18.4 Å². The fourth-order valence-corrected chi connectivity index (χ4v) is 2.26. The zero-order valence-corrected chi connectivity index (χ0v) is 11.9. The van der Waals surface area contributed by atoms with Crippen molar-refractivity contribution in [2.24, 2.45) is 0 Å². The van der Waals surface area contributed by atoms with Gasteiger partial charge in [-0.2, -0.15) is 9.90 Å². The van der Waals surface area contributed by atoms with Crippen molar-refractivity contribution < 1.29 is 14.3 Å². The first-order valence-electron chi connectivity index (χ1n) is 7.02. The number of ether oxygens (including phenoxy) is 2. The summed E-state index contributed by atoms with van der Waals surface area (Å²) in [4.78, 5) is 13.5. The monoisotopic (exact) mass is 287 g/mol. The summed E-state index contributed by atoms with van der Waals surface area (Å²) in [7, 11) is 0. The Morgan fingerprint density at radius 3 is 2.90 bits per heavy atom. The highest BCUT2D eigenvalue weighted by molar-refractivity contribution is 5.88. The third-order valence-corrected chi connectivity index (χ3v) is 3.39. The fourth-order valence-electron chi connectivity index (χ4n) is 2.26. The normalized spacial score (nSPS) is 17.9. The van der Waals surface area contributed by atoms with Crippen molar-refractivity contribution in [2.75, 3.05) is 13.2 Å². The Morgan fingerprint density at radius 2 is 2.19 bits per heavy atom. The molecule has 110 valence electrons. The lowest BCUT2D eigenvalue weighted by atomic mass is 10.2. The third-order valence-electron chi connectivity index (χ3n) is 3.39. The molecular weight excluding hydrogens is 270 g/mol. The second-order valence-electron chi connectivity index (χ2n) is 4.99. The molecule has 1 unspecified atom stereocenters. The first-order valence-corrected chi connectivity index (χ1v) is 7.02. The molecule has 2 aromatic rings. The predicted molar refractivity (Wildman–Crippen MR) is 75.4 cm³/mol. The van der Waals surface area contributed by atoms with Gasteiger partial charge in [0.05, 0.1) is 17.5 Å². The maximum Gasteiger partial charge on any atom is 0.360 e. The van der Waals surface area contributed by atoms with Gasteiger partial charge in [-0.3, -0.25) is 0 Å². The maximum absolute atomic E-state index is 12.1. The lowest BCUT2D eigenvalue weighted by Crippen LogP contribution is -2.18. The van der Waals surface area contributed by atoms with Gasteiger partial charge in [0.2, 0.25) is 0 Å². The van der Waals surface area contributed by atoms with E-state index in [1.54, 1.807) is 6.92 Å². The zero-order chi connectivity index (χ0) is 14.7. The van der Waals surface area contributed by atoms with E-state index in [1.165, 1.54) is 4.80 Å². The Morgan fingerprint density at radius 1 is 1.38 bits per heavy atom. The largest absolute Gasteiger partial charge is 0.458 e. The molecule has 6 nitrogen and oxygen atoms in total. The van der Waals surface area contributed by atoms with Crippen LogP contribution in [0.3, 0.4) is 0 Å². The van der Waals surface area contributed by atoms with E-state index in [9.17, 15) is 4.79 Å². The summed E-state index contributed by atoms with van der Waals surface area (Å²) in [6.07, 6.45) is 1.97. The number of carbonyl (C=O) groups excluding carboxylic acids is 1. The highest BCUT2D eigenvalue weighted by Crippen LogP contribution is 2.14. The van der Waals surface area contributed by atoms with Crippen molar-refractivity contribution >= 4 is 5.97 Å². The Balaban J connectivity index is 1.70. The van der Waals surface area contributed by atoms with Gasteiger partial charge in [0.25, 0.3) is 0 Å². The summed E-state index contributed by atoms with van der Waals surface area (Å²) in [6.45, 7) is 2.76. The molecule has 2 heterocycles. The quantitative estimate of drug-likeness (QED) is 0.804. The zero-order valence-electron chi connectivity index (χ0n) is 11.9. The SMILES string of the molecule is Cc1nn(-c2ccccc2)nc1C(=O)OCC1CCCO1. The maximum atomic E-state index is 12.1. The number of nitrogens with zero attached hydrogens (tertiary/aromatic N) is 3. The van der Waals surface area contributed by atoms with Crippen molar-refractivity contribution in [3.05, 3.63) is 41.7 Å². The number of rotatable bonds is 4. The molecule has 0 amide bonds. The fraction of sp³-hybridized carbons (Fsp3) is 0.400. The van der Waals surface area contributed by atoms with Crippen molar-refractivity contribution in [2.45, 2.75) is 25.9 Å². The molecule has 0 radical (unpaired) electrons. The second kappa shape index (κ2) is 6.05. The molecule has 0 bridgehead atoms. The lowest BCUT2D eigenvalue weighted by Gasteiger charge is -2.08. The molecule has 1 aliphatic heterocycles. The van der Waals surface area contributed by atoms with Crippen LogP contribution < -0.4 is 0 Å². The predicted octanol–water partition coefficient (Wildman–Crippen LogP) is 1.91. The molecule has 0 aliphatic carbocycles. The summed E-state index contributed by atoms with van der Waals surface area (Å²) in [5.74, 6) is -0.454. The number of aryl methyl sites for hydroxylation is 1. The van der Waals surface area contributed by atoms with Gasteiger partial charge in [-0.25, -0.2) is 4.79 Å². The lowest BCUT2D eigenvalue weighted by molar-refractivity contribution is 0.0155. The van der Waals surface area contributed by atoms with E-state index in [4.69, 9.17) is 9.47 Å². The van der Waals surface area contributed by atoms with Gasteiger partial charge < -0.3 is 9.47 Å². The van der Waals surface area contributed by atoms with E-state index in [0.29, 0.717) is 5.69 Å². The van der Waals surface area contributed by atoms with Gasteiger partial charge in [-0.15, -0.1) is 5.10 Å². The Bertz CT molecular complexity index is 618. The molecule has 21 heavy (non-hydrogen) atoms. The van der Waals surface area contributed by atoms with Gasteiger partial charge in [-0.1, -0.05) is 18.2 Å². The van der Waals surface area contributed by atoms with E-state index in [2.05, 4.69) is 10.2 Å². The van der Waals surface area contributed by atoms with E-state index < -0.39 is 5.97 Å². The average molecular weight is 287 g/mol. The van der Waals surface area contributed by atoms with Crippen LogP contribution in [0.2, 0.25) is 0 Å². The van der Waals surface area contributed by atoms with Crippen LogP contribution in [0.15, 0.2) is 30.3 Å². The minimum atomic E-state index is -0.454. The molecule has 3 rings (SSSR count). The molecular formula is C15H17N3O3. The Kier molecular flexibility index (Phi) is 3.96. The number of hydrogen-bond acceptors (Lipinski definition) is 5. The summed E-state index contributed by atoms with van der Waals surface area (Å²) < 4.78 is 10.7. The molecule has 1 fully saturated rings. The van der Waals surface area contributed by atoms with Crippen molar-refractivity contribution in [1.82, 2.24) is 15.0 Å². The Labute approximate surface area is 122 Å². The molecule has 1 atom stereocenters. The van der Waals surface area contributed by atoms with E-state index >= 15 is 0 Å². The van der Waals surface area contributed by atoms with Gasteiger partial charge in [-0.05, 0) is 31.9 Å². The van der Waals surface area contributed by atoms with Gasteiger partial charge in [0.1, 0.15) is 6.61 Å². The average Bonchev–Trinajstić information content (AvgIpc) is 3.15. The number of benzene rings is 1. The van der Waals surface area contributed by atoms with Gasteiger partial charge in [0, 0.05) is 6.61 Å². The molecule has 0 N–H and O–H groups in total. The van der Waals surface area contributed by atoms with Crippen LogP contribution in [0, 0.1) is 6.92 Å². The molecule has 1 aliphatic rings. The highest BCUT2D eigenvalue weighted by Gasteiger charge is 2.21. The summed E-state index contributed by atoms with van der Waals surface area (Å²) in [6, 6.07) is 9.45. The van der Waals surface area contributed by atoms with Crippen LogP contribution in [0.25, 0.3) is 5.69 Å². The van der Waals surface area contributed by atoms with Crippen LogP contribution in [0.1, 0.15) is 29.0 Å². The number of hydrogen-bond donors (Lipinski definition) is 0. The van der Waals surface area contributed by atoms with E-state index in [1.807, 2.05) is 30.3 Å². The van der Waals surface area contributed by atoms with Crippen molar-refractivity contribution in [3.8, 4) is 5.69 Å². The summed E-state index contributed by atoms with van der Waals surface area (Å²) in [5, 5.41) is 8.47. The smallest absolute Gasteiger partial charge is 0.360 e. The van der Waals surface area contributed by atoms with Crippen LogP contribution in [-0.2, 0) is 9.47 Å². The standard InChI is InChI=1S/C15H17N3O3/c1-11-14(15(19)21-10-13-8-5-9-20-13)17-18(16-11)12-6-3-2-4-7-12/h2-4,6-7,13H,5,8-10H2,1H3. The summed E-state index contributed by atoms with van der Waals surface area (Å²) >= 11 is 0. The Hall–Kier alpha value is -2.21. The highest BCUT2D eigenvalue weighted by atomic mass is 16.6. The van der Waals surface area contributed by atoms with Crippen LogP contribution in [0.5, 0.6) is 0 Å². The summed E-state index contributed by atoms with van der Waals surface area (Å²) in [5.41, 5.74) is 1.60. The molecule has 1 aromatic heterocycles. The third kappa shape index (κ3) is 3.11. The number of esters is 1. The minimum Gasteiger partial charge on any atom is -0.458 e. The topological polar surface area (TPSA) is 66.2 Å². The van der Waals surface area contributed by atoms with Crippen molar-refractivity contribution in [3.63, 3.8) is 0 Å². The van der Waals surface area contributed by atoms with Crippen molar-refractivity contribution in [1.29, 1.82) is 0 Å². The first-order chi connectivity index (χ1) is 10.2. The number of para-hydroxylation sites is 1. The van der Waals surface area contributed by atoms with Crippen LogP contribution >= 0.6 is 0 Å². The second-order valence-corrected chi connectivity index (χ2v) is 4.99. The molecule has 1 saturated heterocycles. The number of aromatic nitrogens is 3. The number of carbonyl (C=O) groups is 1.